The standard InChI is InChI=1S/C19H19N3O8S/c23-18(24)12-8-13(19(25)26)10-14(9-12)20-31(29,30)15-4-5-16(17(11-15)22(27)28)21-6-2-1-3-7-21/h4-5,8-11,20H,1-3,6-7H2,(H,23,24)(H,25,26). The van der Waals surface area contributed by atoms with Crippen molar-refractivity contribution in [1.29, 1.82) is 0 Å². The summed E-state index contributed by atoms with van der Waals surface area (Å²) in [7, 11) is -4.36. The maximum Gasteiger partial charge on any atom is 0.335 e. The van der Waals surface area contributed by atoms with E-state index in [1.54, 1.807) is 0 Å². The number of nitrogens with one attached hydrogen (secondary N) is 1. The number of aromatic carboxylic acids is 2. The number of piperidine rings is 1. The Bertz CT molecular complexity index is 1120. The highest BCUT2D eigenvalue weighted by molar-refractivity contribution is 7.92. The molecule has 1 fully saturated rings. The first kappa shape index (κ1) is 22.0. The molecule has 1 heterocycles. The van der Waals surface area contributed by atoms with Gasteiger partial charge in [-0.25, -0.2) is 18.0 Å². The second-order valence-corrected chi connectivity index (χ2v) is 8.65. The van der Waals surface area contributed by atoms with E-state index in [4.69, 9.17) is 10.2 Å². The van der Waals surface area contributed by atoms with Gasteiger partial charge in [-0.1, -0.05) is 0 Å². The molecule has 0 aromatic heterocycles. The Morgan fingerprint density at radius 2 is 1.55 bits per heavy atom. The Morgan fingerprint density at radius 3 is 2.06 bits per heavy atom. The van der Waals surface area contributed by atoms with Crippen molar-refractivity contribution in [2.75, 3.05) is 22.7 Å². The molecule has 12 heteroatoms. The van der Waals surface area contributed by atoms with Crippen LogP contribution in [-0.2, 0) is 10.0 Å². The third-order valence-corrected chi connectivity index (χ3v) is 6.21. The number of benzene rings is 2. The van der Waals surface area contributed by atoms with Gasteiger partial charge in [-0.05, 0) is 49.6 Å². The minimum Gasteiger partial charge on any atom is -0.478 e. The van der Waals surface area contributed by atoms with Crippen LogP contribution in [0.3, 0.4) is 0 Å². The predicted molar refractivity (Wildman–Crippen MR) is 110 cm³/mol. The maximum atomic E-state index is 12.8. The van der Waals surface area contributed by atoms with Crippen LogP contribution in [0.2, 0.25) is 0 Å². The van der Waals surface area contributed by atoms with Crippen molar-refractivity contribution in [2.24, 2.45) is 0 Å². The summed E-state index contributed by atoms with van der Waals surface area (Å²) in [6.45, 7) is 1.26. The predicted octanol–water partition coefficient (Wildman–Crippen LogP) is 2.78. The number of carbonyl (C=O) groups is 2. The largest absolute Gasteiger partial charge is 0.478 e. The van der Waals surface area contributed by atoms with Gasteiger partial charge in [0.15, 0.2) is 0 Å². The highest BCUT2D eigenvalue weighted by Crippen LogP contribution is 2.33. The van der Waals surface area contributed by atoms with Gasteiger partial charge in [-0.3, -0.25) is 14.8 Å². The van der Waals surface area contributed by atoms with Crippen molar-refractivity contribution in [1.82, 2.24) is 0 Å². The monoisotopic (exact) mass is 449 g/mol. The van der Waals surface area contributed by atoms with Crippen LogP contribution in [0.15, 0.2) is 41.3 Å². The van der Waals surface area contributed by atoms with Crippen LogP contribution >= 0.6 is 0 Å². The Balaban J connectivity index is 1.98. The molecule has 3 N–H and O–H groups in total. The molecule has 3 rings (SSSR count). The number of hydrogen-bond donors (Lipinski definition) is 3. The van der Waals surface area contributed by atoms with Gasteiger partial charge in [-0.15, -0.1) is 0 Å². The van der Waals surface area contributed by atoms with Crippen LogP contribution in [0, 0.1) is 10.1 Å². The summed E-state index contributed by atoms with van der Waals surface area (Å²) in [5.41, 5.74) is -1.19. The van der Waals surface area contributed by atoms with Crippen LogP contribution < -0.4 is 9.62 Å². The lowest BCUT2D eigenvalue weighted by Crippen LogP contribution is -2.30. The van der Waals surface area contributed by atoms with Gasteiger partial charge >= 0.3 is 11.9 Å². The van der Waals surface area contributed by atoms with E-state index in [1.807, 2.05) is 4.90 Å². The van der Waals surface area contributed by atoms with Crippen LogP contribution in [0.25, 0.3) is 0 Å². The Hall–Kier alpha value is -3.67. The molecule has 1 saturated heterocycles. The molecular weight excluding hydrogens is 430 g/mol. The first-order chi connectivity index (χ1) is 14.6. The van der Waals surface area contributed by atoms with E-state index in [2.05, 4.69) is 4.72 Å². The number of nitro benzene ring substituents is 1. The van der Waals surface area contributed by atoms with Crippen molar-refractivity contribution in [3.05, 3.63) is 57.6 Å². The van der Waals surface area contributed by atoms with Crippen LogP contribution in [0.5, 0.6) is 0 Å². The van der Waals surface area contributed by atoms with Crippen molar-refractivity contribution in [2.45, 2.75) is 24.2 Å². The molecule has 0 atom stereocenters. The molecule has 0 unspecified atom stereocenters. The Morgan fingerprint density at radius 1 is 0.968 bits per heavy atom. The normalized spacial score (nSPS) is 14.1. The summed E-state index contributed by atoms with van der Waals surface area (Å²) in [6.07, 6.45) is 2.78. The zero-order valence-electron chi connectivity index (χ0n) is 16.1. The van der Waals surface area contributed by atoms with E-state index in [9.17, 15) is 28.1 Å². The minimum absolute atomic E-state index is 0.292. The first-order valence-corrected chi connectivity index (χ1v) is 10.7. The maximum absolute atomic E-state index is 12.8. The number of sulfonamides is 1. The number of nitrogens with zero attached hydrogens (tertiary/aromatic N) is 2. The molecule has 1 aliphatic rings. The molecule has 0 saturated carbocycles. The van der Waals surface area contributed by atoms with E-state index in [0.29, 0.717) is 18.8 Å². The van der Waals surface area contributed by atoms with Gasteiger partial charge in [-0.2, -0.15) is 0 Å². The lowest BCUT2D eigenvalue weighted by atomic mass is 10.1. The highest BCUT2D eigenvalue weighted by atomic mass is 32.2. The van der Waals surface area contributed by atoms with Crippen LogP contribution in [0.1, 0.15) is 40.0 Å². The zero-order chi connectivity index (χ0) is 22.8. The Kier molecular flexibility index (Phi) is 6.11. The fraction of sp³-hybridized carbons (Fsp3) is 0.263. The summed E-state index contributed by atoms with van der Waals surface area (Å²) >= 11 is 0. The van der Waals surface area contributed by atoms with Crippen molar-refractivity contribution in [3.8, 4) is 0 Å². The van der Waals surface area contributed by atoms with Gasteiger partial charge in [0.1, 0.15) is 5.69 Å². The van der Waals surface area contributed by atoms with Gasteiger partial charge in [0.25, 0.3) is 15.7 Å². The number of carboxylic acids is 2. The third kappa shape index (κ3) is 4.91. The fourth-order valence-corrected chi connectivity index (χ4v) is 4.43. The summed E-state index contributed by atoms with van der Waals surface area (Å²) in [5.74, 6) is -2.88. The molecule has 0 spiro atoms. The molecule has 0 aliphatic carbocycles. The molecule has 31 heavy (non-hydrogen) atoms. The SMILES string of the molecule is O=C(O)c1cc(NS(=O)(=O)c2ccc(N3CCCCC3)c([N+](=O)[O-])c2)cc(C(=O)O)c1. The summed E-state index contributed by atoms with van der Waals surface area (Å²) < 4.78 is 27.7. The highest BCUT2D eigenvalue weighted by Gasteiger charge is 2.26. The summed E-state index contributed by atoms with van der Waals surface area (Å²) in [6, 6.07) is 6.34. The molecule has 0 radical (unpaired) electrons. The number of hydrogen-bond acceptors (Lipinski definition) is 7. The van der Waals surface area contributed by atoms with Gasteiger partial charge in [0, 0.05) is 19.2 Å². The molecule has 2 aromatic rings. The van der Waals surface area contributed by atoms with Crippen molar-refractivity contribution in [3.63, 3.8) is 0 Å². The molecule has 11 nitrogen and oxygen atoms in total. The lowest BCUT2D eigenvalue weighted by Gasteiger charge is -2.28. The molecule has 0 amide bonds. The van der Waals surface area contributed by atoms with Crippen LogP contribution in [0.4, 0.5) is 17.1 Å². The fourth-order valence-electron chi connectivity index (χ4n) is 3.37. The lowest BCUT2D eigenvalue weighted by molar-refractivity contribution is -0.384. The number of rotatable bonds is 7. The minimum atomic E-state index is -4.36. The second-order valence-electron chi connectivity index (χ2n) is 6.97. The van der Waals surface area contributed by atoms with Crippen molar-refractivity contribution >= 4 is 39.0 Å². The average Bonchev–Trinajstić information content (AvgIpc) is 2.73. The molecular formula is C19H19N3O8S. The Labute approximate surface area is 177 Å². The van der Waals surface area contributed by atoms with E-state index < -0.39 is 42.9 Å². The first-order valence-electron chi connectivity index (χ1n) is 9.26. The molecule has 2 aromatic carbocycles. The van der Waals surface area contributed by atoms with E-state index in [1.165, 1.54) is 12.1 Å². The quantitative estimate of drug-likeness (QED) is 0.425. The van der Waals surface area contributed by atoms with E-state index >= 15 is 0 Å². The molecule has 0 bridgehead atoms. The second kappa shape index (κ2) is 8.60. The van der Waals surface area contributed by atoms with Crippen LogP contribution in [-0.4, -0.2) is 48.6 Å². The van der Waals surface area contributed by atoms with E-state index in [-0.39, 0.29) is 11.4 Å². The number of carboxylic acid groups (broad SMARTS) is 2. The number of anilines is 2. The zero-order valence-corrected chi connectivity index (χ0v) is 17.0. The molecule has 164 valence electrons. The van der Waals surface area contributed by atoms with Gasteiger partial charge < -0.3 is 15.1 Å². The molecule has 1 aliphatic heterocycles. The third-order valence-electron chi connectivity index (χ3n) is 4.83. The average molecular weight is 449 g/mol. The smallest absolute Gasteiger partial charge is 0.335 e. The van der Waals surface area contributed by atoms with Gasteiger partial charge in [0.2, 0.25) is 0 Å². The van der Waals surface area contributed by atoms with Crippen molar-refractivity contribution < 1.29 is 33.1 Å². The summed E-state index contributed by atoms with van der Waals surface area (Å²) in [5, 5.41) is 29.8. The van der Waals surface area contributed by atoms with Gasteiger partial charge in [0.05, 0.1) is 26.6 Å². The number of nitro groups is 1. The summed E-state index contributed by atoms with van der Waals surface area (Å²) in [4.78, 5) is 34.8. The van der Waals surface area contributed by atoms with E-state index in [0.717, 1.165) is 43.5 Å². The topological polar surface area (TPSA) is 167 Å².